The summed E-state index contributed by atoms with van der Waals surface area (Å²) in [7, 11) is 0. The molecule has 19 heavy (non-hydrogen) atoms. The Morgan fingerprint density at radius 2 is 2.05 bits per heavy atom. The number of anilines is 1. The number of hydrogen-bond acceptors (Lipinski definition) is 4. The van der Waals surface area contributed by atoms with Crippen LogP contribution in [0.3, 0.4) is 0 Å². The number of benzene rings is 1. The molecule has 0 saturated heterocycles. The molecule has 1 aromatic carbocycles. The summed E-state index contributed by atoms with van der Waals surface area (Å²) < 4.78 is 2.05. The van der Waals surface area contributed by atoms with E-state index in [9.17, 15) is 10.1 Å². The fraction of sp³-hybridized carbons (Fsp3) is 0.308. The van der Waals surface area contributed by atoms with E-state index in [0.717, 1.165) is 31.6 Å². The van der Waals surface area contributed by atoms with Crippen LogP contribution in [0, 0.1) is 10.1 Å². The van der Waals surface area contributed by atoms with E-state index >= 15 is 0 Å². The number of aromatic nitrogens is 2. The molecule has 6 heteroatoms. The van der Waals surface area contributed by atoms with Crippen molar-refractivity contribution in [3.63, 3.8) is 0 Å². The highest BCUT2D eigenvalue weighted by atomic mass is 16.6. The van der Waals surface area contributed by atoms with Gasteiger partial charge in [-0.3, -0.25) is 10.1 Å². The van der Waals surface area contributed by atoms with Crippen molar-refractivity contribution in [2.75, 3.05) is 11.9 Å². The summed E-state index contributed by atoms with van der Waals surface area (Å²) in [6.45, 7) is 1.81. The standard InChI is InChI=1S/C13H16N4O2/c18-17(19)13-5-3-12(4-6-13)15-7-1-2-9-16-10-8-14-11-16/h3-6,8,10-11,15H,1-2,7,9H2. The number of non-ortho nitro benzene ring substituents is 1. The Morgan fingerprint density at radius 3 is 2.68 bits per heavy atom. The van der Waals surface area contributed by atoms with Gasteiger partial charge in [-0.1, -0.05) is 0 Å². The molecule has 2 aromatic rings. The van der Waals surface area contributed by atoms with Crippen LogP contribution < -0.4 is 5.32 Å². The Balaban J connectivity index is 1.66. The molecule has 6 nitrogen and oxygen atoms in total. The summed E-state index contributed by atoms with van der Waals surface area (Å²) in [6, 6.07) is 6.48. The summed E-state index contributed by atoms with van der Waals surface area (Å²) in [5.74, 6) is 0. The predicted octanol–water partition coefficient (Wildman–Crippen LogP) is 2.68. The van der Waals surface area contributed by atoms with E-state index in [1.807, 2.05) is 17.1 Å². The lowest BCUT2D eigenvalue weighted by atomic mass is 10.2. The normalized spacial score (nSPS) is 10.3. The third-order valence-electron chi connectivity index (χ3n) is 2.81. The Hall–Kier alpha value is -2.37. The quantitative estimate of drug-likeness (QED) is 0.472. The number of rotatable bonds is 7. The van der Waals surface area contributed by atoms with Gasteiger partial charge < -0.3 is 9.88 Å². The average Bonchev–Trinajstić information content (AvgIpc) is 2.92. The van der Waals surface area contributed by atoms with Gasteiger partial charge >= 0.3 is 0 Å². The maximum absolute atomic E-state index is 10.5. The first-order chi connectivity index (χ1) is 9.25. The molecule has 0 aliphatic rings. The molecule has 0 aliphatic heterocycles. The lowest BCUT2D eigenvalue weighted by Crippen LogP contribution is -2.03. The third-order valence-corrected chi connectivity index (χ3v) is 2.81. The molecule has 0 aliphatic carbocycles. The second-order valence-electron chi connectivity index (χ2n) is 4.24. The topological polar surface area (TPSA) is 73.0 Å². The van der Waals surface area contributed by atoms with Gasteiger partial charge in [-0.05, 0) is 25.0 Å². The average molecular weight is 260 g/mol. The summed E-state index contributed by atoms with van der Waals surface area (Å²) in [5, 5.41) is 13.7. The number of aryl methyl sites for hydroxylation is 1. The number of nitrogens with zero attached hydrogens (tertiary/aromatic N) is 3. The Bertz CT molecular complexity index is 508. The largest absolute Gasteiger partial charge is 0.385 e. The van der Waals surface area contributed by atoms with Gasteiger partial charge in [-0.2, -0.15) is 0 Å². The van der Waals surface area contributed by atoms with E-state index in [4.69, 9.17) is 0 Å². The zero-order valence-electron chi connectivity index (χ0n) is 10.5. The first kappa shape index (κ1) is 13.1. The van der Waals surface area contributed by atoms with Crippen LogP contribution in [0.25, 0.3) is 0 Å². The van der Waals surface area contributed by atoms with Gasteiger partial charge in [0.2, 0.25) is 0 Å². The minimum atomic E-state index is -0.394. The van der Waals surface area contributed by atoms with Crippen LogP contribution >= 0.6 is 0 Å². The molecule has 0 spiro atoms. The Kier molecular flexibility index (Phi) is 4.49. The van der Waals surface area contributed by atoms with Gasteiger partial charge in [-0.15, -0.1) is 0 Å². The molecule has 0 saturated carbocycles. The van der Waals surface area contributed by atoms with E-state index in [2.05, 4.69) is 10.3 Å². The molecule has 1 heterocycles. The van der Waals surface area contributed by atoms with Crippen LogP contribution in [0.5, 0.6) is 0 Å². The van der Waals surface area contributed by atoms with Gasteiger partial charge in [0.05, 0.1) is 11.3 Å². The van der Waals surface area contributed by atoms with E-state index in [1.165, 1.54) is 12.1 Å². The maximum Gasteiger partial charge on any atom is 0.269 e. The Morgan fingerprint density at radius 1 is 1.26 bits per heavy atom. The molecule has 100 valence electrons. The maximum atomic E-state index is 10.5. The van der Waals surface area contributed by atoms with Gasteiger partial charge in [0.1, 0.15) is 0 Å². The van der Waals surface area contributed by atoms with Gasteiger partial charge in [-0.25, -0.2) is 4.98 Å². The second-order valence-corrected chi connectivity index (χ2v) is 4.24. The smallest absolute Gasteiger partial charge is 0.269 e. The van der Waals surface area contributed by atoms with Gasteiger partial charge in [0.25, 0.3) is 5.69 Å². The van der Waals surface area contributed by atoms with Crippen molar-refractivity contribution in [2.24, 2.45) is 0 Å². The minimum absolute atomic E-state index is 0.116. The van der Waals surface area contributed by atoms with Gasteiger partial charge in [0.15, 0.2) is 0 Å². The molecule has 0 fully saturated rings. The summed E-state index contributed by atoms with van der Waals surface area (Å²) >= 11 is 0. The minimum Gasteiger partial charge on any atom is -0.385 e. The first-order valence-corrected chi connectivity index (χ1v) is 6.20. The van der Waals surface area contributed by atoms with Crippen LogP contribution in [0.4, 0.5) is 11.4 Å². The molecule has 1 aromatic heterocycles. The van der Waals surface area contributed by atoms with E-state index in [0.29, 0.717) is 0 Å². The molecular weight excluding hydrogens is 244 g/mol. The number of nitrogens with one attached hydrogen (secondary N) is 1. The molecule has 0 unspecified atom stereocenters. The highest BCUT2D eigenvalue weighted by Crippen LogP contribution is 2.15. The molecule has 2 rings (SSSR count). The van der Waals surface area contributed by atoms with E-state index in [-0.39, 0.29) is 5.69 Å². The van der Waals surface area contributed by atoms with Crippen molar-refractivity contribution in [3.8, 4) is 0 Å². The zero-order chi connectivity index (χ0) is 13.5. The predicted molar refractivity (Wildman–Crippen MR) is 73.0 cm³/mol. The van der Waals surface area contributed by atoms with Crippen molar-refractivity contribution >= 4 is 11.4 Å². The van der Waals surface area contributed by atoms with Crippen molar-refractivity contribution in [1.29, 1.82) is 0 Å². The van der Waals surface area contributed by atoms with Crippen LogP contribution in [0.15, 0.2) is 43.0 Å². The van der Waals surface area contributed by atoms with E-state index < -0.39 is 4.92 Å². The number of unbranched alkanes of at least 4 members (excludes halogenated alkanes) is 1. The van der Waals surface area contributed by atoms with Crippen LogP contribution in [-0.4, -0.2) is 21.0 Å². The SMILES string of the molecule is O=[N+]([O-])c1ccc(NCCCCn2ccnc2)cc1. The zero-order valence-corrected chi connectivity index (χ0v) is 10.5. The molecule has 0 bridgehead atoms. The van der Waals surface area contributed by atoms with Gasteiger partial charge in [0, 0.05) is 43.3 Å². The lowest BCUT2D eigenvalue weighted by Gasteiger charge is -2.06. The highest BCUT2D eigenvalue weighted by molar-refractivity contribution is 5.48. The number of hydrogen-bond donors (Lipinski definition) is 1. The van der Waals surface area contributed by atoms with Crippen molar-refractivity contribution < 1.29 is 4.92 Å². The van der Waals surface area contributed by atoms with Crippen molar-refractivity contribution in [3.05, 3.63) is 53.1 Å². The summed E-state index contributed by atoms with van der Waals surface area (Å²) in [5.41, 5.74) is 1.03. The third kappa shape index (κ3) is 4.09. The Labute approximate surface area is 111 Å². The first-order valence-electron chi connectivity index (χ1n) is 6.20. The van der Waals surface area contributed by atoms with Crippen molar-refractivity contribution in [1.82, 2.24) is 9.55 Å². The number of imidazole rings is 1. The highest BCUT2D eigenvalue weighted by Gasteiger charge is 2.03. The molecule has 0 amide bonds. The number of nitro groups is 1. The lowest BCUT2D eigenvalue weighted by molar-refractivity contribution is -0.384. The van der Waals surface area contributed by atoms with E-state index in [1.54, 1.807) is 18.3 Å². The monoisotopic (exact) mass is 260 g/mol. The second kappa shape index (κ2) is 6.53. The molecule has 0 radical (unpaired) electrons. The summed E-state index contributed by atoms with van der Waals surface area (Å²) in [4.78, 5) is 14.1. The van der Waals surface area contributed by atoms with Crippen LogP contribution in [0.2, 0.25) is 0 Å². The van der Waals surface area contributed by atoms with Crippen LogP contribution in [-0.2, 0) is 6.54 Å². The molecule has 0 atom stereocenters. The molecule has 1 N–H and O–H groups in total. The fourth-order valence-electron chi connectivity index (χ4n) is 1.77. The van der Waals surface area contributed by atoms with Crippen molar-refractivity contribution in [2.45, 2.75) is 19.4 Å². The summed E-state index contributed by atoms with van der Waals surface area (Å²) in [6.07, 6.45) is 7.63. The fourth-order valence-corrected chi connectivity index (χ4v) is 1.77. The number of nitro benzene ring substituents is 1. The molecular formula is C13H16N4O2. The van der Waals surface area contributed by atoms with Crippen LogP contribution in [0.1, 0.15) is 12.8 Å².